The smallest absolute Gasteiger partial charge is 0.123 e. The van der Waals surface area contributed by atoms with Gasteiger partial charge in [0.15, 0.2) is 0 Å². The average Bonchev–Trinajstić information content (AvgIpc) is 2.38. The fourth-order valence-corrected chi connectivity index (χ4v) is 3.74. The largest absolute Gasteiger partial charge is 0.496 e. The number of benzene rings is 2. The molecular formula is C14H13Cl2NO2S. The maximum Gasteiger partial charge on any atom is 0.123 e. The van der Waals surface area contributed by atoms with Crippen molar-refractivity contribution < 1.29 is 8.95 Å². The Hall–Kier alpha value is -1.23. The Bertz CT molecular complexity index is 641. The van der Waals surface area contributed by atoms with Crippen molar-refractivity contribution in [3.63, 3.8) is 0 Å². The van der Waals surface area contributed by atoms with E-state index in [1.54, 1.807) is 43.5 Å². The van der Waals surface area contributed by atoms with E-state index in [2.05, 4.69) is 0 Å². The van der Waals surface area contributed by atoms with Crippen LogP contribution >= 0.6 is 23.2 Å². The van der Waals surface area contributed by atoms with Crippen LogP contribution in [0.2, 0.25) is 10.0 Å². The molecule has 2 N–H and O–H groups in total. The maximum absolute atomic E-state index is 12.5. The molecule has 2 aromatic rings. The van der Waals surface area contributed by atoms with Crippen molar-refractivity contribution in [1.29, 1.82) is 0 Å². The minimum Gasteiger partial charge on any atom is -0.496 e. The zero-order chi connectivity index (χ0) is 14.7. The van der Waals surface area contributed by atoms with E-state index in [0.29, 0.717) is 26.4 Å². The molecule has 0 aliphatic heterocycles. The van der Waals surface area contributed by atoms with Gasteiger partial charge in [0.2, 0.25) is 0 Å². The van der Waals surface area contributed by atoms with E-state index in [1.807, 2.05) is 0 Å². The summed E-state index contributed by atoms with van der Waals surface area (Å²) < 4.78 is 17.7. The summed E-state index contributed by atoms with van der Waals surface area (Å²) in [6.07, 6.45) is 0. The molecule has 0 radical (unpaired) electrons. The van der Waals surface area contributed by atoms with Gasteiger partial charge < -0.3 is 10.5 Å². The van der Waals surface area contributed by atoms with Crippen molar-refractivity contribution in [3.8, 4) is 5.75 Å². The highest BCUT2D eigenvalue weighted by molar-refractivity contribution is 7.84. The molecule has 2 aromatic carbocycles. The van der Waals surface area contributed by atoms with E-state index in [9.17, 15) is 4.21 Å². The monoisotopic (exact) mass is 329 g/mol. The highest BCUT2D eigenvalue weighted by Crippen LogP contribution is 2.30. The number of methoxy groups -OCH3 is 1. The Labute approximate surface area is 130 Å². The number of hydrogen-bond acceptors (Lipinski definition) is 3. The second-order valence-corrected chi connectivity index (χ2v) is 6.34. The van der Waals surface area contributed by atoms with Crippen LogP contribution < -0.4 is 10.5 Å². The van der Waals surface area contributed by atoms with Gasteiger partial charge in [0.1, 0.15) is 5.75 Å². The summed E-state index contributed by atoms with van der Waals surface area (Å²) in [5.74, 6) is 0.867. The molecule has 0 spiro atoms. The van der Waals surface area contributed by atoms with Gasteiger partial charge in [-0.15, -0.1) is 0 Å². The van der Waals surface area contributed by atoms with Crippen molar-refractivity contribution in [2.45, 2.75) is 10.6 Å². The first-order valence-corrected chi connectivity index (χ1v) is 7.85. The molecule has 0 saturated heterocycles. The molecule has 2 rings (SSSR count). The van der Waals surface area contributed by atoms with Crippen molar-refractivity contribution in [2.24, 2.45) is 0 Å². The minimum atomic E-state index is -1.37. The zero-order valence-corrected chi connectivity index (χ0v) is 13.1. The Kier molecular flexibility index (Phi) is 4.91. The van der Waals surface area contributed by atoms with Gasteiger partial charge in [-0.25, -0.2) is 0 Å². The van der Waals surface area contributed by atoms with Crippen LogP contribution in [-0.2, 0) is 16.6 Å². The molecule has 0 bridgehead atoms. The molecule has 1 atom stereocenters. The number of anilines is 1. The molecule has 0 aliphatic carbocycles. The molecular weight excluding hydrogens is 317 g/mol. The van der Waals surface area contributed by atoms with Crippen LogP contribution in [0.4, 0.5) is 5.69 Å². The van der Waals surface area contributed by atoms with Gasteiger partial charge in [0.25, 0.3) is 0 Å². The van der Waals surface area contributed by atoms with Gasteiger partial charge in [-0.3, -0.25) is 4.21 Å². The molecule has 0 aromatic heterocycles. The van der Waals surface area contributed by atoms with Gasteiger partial charge in [-0.2, -0.15) is 0 Å². The van der Waals surface area contributed by atoms with Crippen LogP contribution in [-0.4, -0.2) is 11.3 Å². The van der Waals surface area contributed by atoms with Crippen molar-refractivity contribution in [1.82, 2.24) is 0 Å². The van der Waals surface area contributed by atoms with Gasteiger partial charge in [-0.05, 0) is 30.3 Å². The molecule has 0 fully saturated rings. The number of ether oxygens (including phenoxy) is 1. The van der Waals surface area contributed by atoms with E-state index in [-0.39, 0.29) is 5.75 Å². The lowest BCUT2D eigenvalue weighted by molar-refractivity contribution is 0.411. The summed E-state index contributed by atoms with van der Waals surface area (Å²) in [5, 5.41) is 0.953. The molecule has 0 saturated carbocycles. The average molecular weight is 330 g/mol. The third-order valence-electron chi connectivity index (χ3n) is 2.75. The van der Waals surface area contributed by atoms with Crippen molar-refractivity contribution >= 4 is 39.7 Å². The van der Waals surface area contributed by atoms with E-state index < -0.39 is 10.8 Å². The van der Waals surface area contributed by atoms with Crippen LogP contribution in [0.3, 0.4) is 0 Å². The molecule has 0 amide bonds. The van der Waals surface area contributed by atoms with Crippen LogP contribution in [0.5, 0.6) is 5.75 Å². The molecule has 106 valence electrons. The quantitative estimate of drug-likeness (QED) is 0.865. The fraction of sp³-hybridized carbons (Fsp3) is 0.143. The maximum atomic E-state index is 12.5. The second kappa shape index (κ2) is 6.48. The fourth-order valence-electron chi connectivity index (χ4n) is 1.84. The van der Waals surface area contributed by atoms with Gasteiger partial charge in [-0.1, -0.05) is 29.3 Å². The van der Waals surface area contributed by atoms with Gasteiger partial charge in [0, 0.05) is 16.3 Å². The van der Waals surface area contributed by atoms with Crippen LogP contribution in [0, 0.1) is 0 Å². The number of hydrogen-bond donors (Lipinski definition) is 1. The first-order chi connectivity index (χ1) is 9.52. The standard InChI is InChI=1S/C14H13Cl2NO2S/c1-19-13-6-5-10(15)7-9(13)8-20(18)14-11(16)3-2-4-12(14)17/h2-7H,8,17H2,1H3. The topological polar surface area (TPSA) is 52.3 Å². The van der Waals surface area contributed by atoms with E-state index in [1.165, 1.54) is 0 Å². The summed E-state index contributed by atoms with van der Waals surface area (Å²) in [7, 11) is 0.182. The predicted octanol–water partition coefficient (Wildman–Crippen LogP) is 3.89. The molecule has 1 unspecified atom stereocenters. The number of halogens is 2. The first kappa shape index (κ1) is 15.2. The summed E-state index contributed by atoms with van der Waals surface area (Å²) in [4.78, 5) is 0.441. The molecule has 6 heteroatoms. The number of nitrogens with two attached hydrogens (primary N) is 1. The molecule has 20 heavy (non-hydrogen) atoms. The minimum absolute atomic E-state index is 0.234. The van der Waals surface area contributed by atoms with Crippen LogP contribution in [0.1, 0.15) is 5.56 Å². The summed E-state index contributed by atoms with van der Waals surface area (Å²) in [6, 6.07) is 10.2. The zero-order valence-electron chi connectivity index (χ0n) is 10.7. The van der Waals surface area contributed by atoms with E-state index in [0.717, 1.165) is 5.56 Å². The second-order valence-electron chi connectivity index (χ2n) is 4.10. The van der Waals surface area contributed by atoms with Crippen molar-refractivity contribution in [3.05, 3.63) is 52.0 Å². The van der Waals surface area contributed by atoms with Gasteiger partial charge >= 0.3 is 0 Å². The van der Waals surface area contributed by atoms with Gasteiger partial charge in [0.05, 0.1) is 33.6 Å². The Balaban J connectivity index is 2.35. The lowest BCUT2D eigenvalue weighted by atomic mass is 10.2. The van der Waals surface area contributed by atoms with E-state index >= 15 is 0 Å². The Morgan fingerprint density at radius 2 is 2.00 bits per heavy atom. The van der Waals surface area contributed by atoms with Crippen molar-refractivity contribution in [2.75, 3.05) is 12.8 Å². The summed E-state index contributed by atoms with van der Waals surface area (Å²) >= 11 is 12.0. The normalized spacial score (nSPS) is 12.2. The lowest BCUT2D eigenvalue weighted by Gasteiger charge is -2.11. The molecule has 0 heterocycles. The third kappa shape index (κ3) is 3.26. The summed E-state index contributed by atoms with van der Waals surface area (Å²) in [6.45, 7) is 0. The SMILES string of the molecule is COc1ccc(Cl)cc1CS(=O)c1c(N)cccc1Cl. The highest BCUT2D eigenvalue weighted by Gasteiger charge is 2.15. The summed E-state index contributed by atoms with van der Waals surface area (Å²) in [5.41, 5.74) is 7.00. The van der Waals surface area contributed by atoms with E-state index in [4.69, 9.17) is 33.7 Å². The predicted molar refractivity (Wildman–Crippen MR) is 84.0 cm³/mol. The molecule has 0 aliphatic rings. The lowest BCUT2D eigenvalue weighted by Crippen LogP contribution is -2.03. The van der Waals surface area contributed by atoms with Crippen LogP contribution in [0.25, 0.3) is 0 Å². The van der Waals surface area contributed by atoms with Crippen LogP contribution in [0.15, 0.2) is 41.3 Å². The molecule has 3 nitrogen and oxygen atoms in total. The number of rotatable bonds is 4. The Morgan fingerprint density at radius 3 is 2.65 bits per heavy atom. The number of nitrogen functional groups attached to an aromatic ring is 1. The third-order valence-corrected chi connectivity index (χ3v) is 4.90. The first-order valence-electron chi connectivity index (χ1n) is 5.77. The Morgan fingerprint density at radius 1 is 1.25 bits per heavy atom. The highest BCUT2D eigenvalue weighted by atomic mass is 35.5.